The fraction of sp³-hybridized carbons (Fsp3) is 0.0625. The molecule has 0 saturated carbocycles. The van der Waals surface area contributed by atoms with Gasteiger partial charge in [-0.15, -0.1) is 0 Å². The van der Waals surface area contributed by atoms with Crippen molar-refractivity contribution in [2.45, 2.75) is 5.75 Å². The molecule has 1 heterocycles. The fourth-order valence-corrected chi connectivity index (χ4v) is 3.12. The minimum absolute atomic E-state index is 0.131. The molecular formula is C16H12FNOS2. The number of aromatic nitrogens is 1. The minimum atomic E-state index is -0.359. The van der Waals surface area contributed by atoms with Crippen molar-refractivity contribution in [1.82, 2.24) is 4.57 Å². The number of rotatable bonds is 3. The molecule has 0 atom stereocenters. The van der Waals surface area contributed by atoms with Crippen LogP contribution in [0.2, 0.25) is 0 Å². The zero-order valence-electron chi connectivity index (χ0n) is 11.0. The van der Waals surface area contributed by atoms with Crippen molar-refractivity contribution in [3.05, 3.63) is 75.0 Å². The maximum Gasteiger partial charge on any atom is 0.312 e. The second-order valence-corrected chi connectivity index (χ2v) is 5.69. The van der Waals surface area contributed by atoms with E-state index in [4.69, 9.17) is 0 Å². The Balaban J connectivity index is 2.14. The quantitative estimate of drug-likeness (QED) is 0.721. The van der Waals surface area contributed by atoms with E-state index in [1.54, 1.807) is 17.5 Å². The van der Waals surface area contributed by atoms with Gasteiger partial charge in [-0.25, -0.2) is 4.39 Å². The van der Waals surface area contributed by atoms with E-state index >= 15 is 0 Å². The largest absolute Gasteiger partial charge is 0.312 e. The van der Waals surface area contributed by atoms with Crippen molar-refractivity contribution in [3.63, 3.8) is 0 Å². The molecule has 0 aliphatic heterocycles. The summed E-state index contributed by atoms with van der Waals surface area (Å²) in [6.07, 6.45) is 0. The van der Waals surface area contributed by atoms with Gasteiger partial charge in [0.15, 0.2) is 0 Å². The van der Waals surface area contributed by atoms with Gasteiger partial charge in [-0.05, 0) is 29.3 Å². The lowest BCUT2D eigenvalue weighted by molar-refractivity contribution is 0.626. The smallest absolute Gasteiger partial charge is 0.267 e. The van der Waals surface area contributed by atoms with Gasteiger partial charge in [-0.3, -0.25) is 9.36 Å². The standard InChI is InChI=1S/C16H12FNOS2/c17-13-2-1-3-14(8-13)18-15(10-21-16(18)19)12-6-4-11(9-20)5-7-12/h1-8,10,20H,9H2. The van der Waals surface area contributed by atoms with Crippen LogP contribution in [0.4, 0.5) is 4.39 Å². The molecule has 2 nitrogen and oxygen atoms in total. The highest BCUT2D eigenvalue weighted by Crippen LogP contribution is 2.24. The SMILES string of the molecule is O=c1scc(-c2ccc(CS)cc2)n1-c1cccc(F)c1. The van der Waals surface area contributed by atoms with Gasteiger partial charge in [0, 0.05) is 11.1 Å². The molecule has 0 bridgehead atoms. The highest BCUT2D eigenvalue weighted by Gasteiger charge is 2.11. The number of benzene rings is 2. The Morgan fingerprint density at radius 1 is 1.14 bits per heavy atom. The van der Waals surface area contributed by atoms with E-state index in [2.05, 4.69) is 12.6 Å². The number of hydrogen-bond acceptors (Lipinski definition) is 3. The topological polar surface area (TPSA) is 22.0 Å². The van der Waals surface area contributed by atoms with E-state index in [-0.39, 0.29) is 10.7 Å². The molecule has 3 rings (SSSR count). The summed E-state index contributed by atoms with van der Waals surface area (Å²) in [6.45, 7) is 0. The number of halogens is 1. The molecular weight excluding hydrogens is 305 g/mol. The summed E-state index contributed by atoms with van der Waals surface area (Å²) in [5.74, 6) is 0.308. The van der Waals surface area contributed by atoms with Crippen molar-refractivity contribution < 1.29 is 4.39 Å². The van der Waals surface area contributed by atoms with E-state index in [1.807, 2.05) is 24.3 Å². The van der Waals surface area contributed by atoms with Crippen molar-refractivity contribution in [3.8, 4) is 16.9 Å². The molecule has 0 amide bonds. The molecule has 0 spiro atoms. The number of thiol groups is 1. The van der Waals surface area contributed by atoms with Crippen LogP contribution in [-0.4, -0.2) is 4.57 Å². The fourth-order valence-electron chi connectivity index (χ4n) is 2.15. The Morgan fingerprint density at radius 3 is 2.57 bits per heavy atom. The van der Waals surface area contributed by atoms with Crippen LogP contribution in [-0.2, 0) is 5.75 Å². The number of thiazole rings is 1. The van der Waals surface area contributed by atoms with Crippen LogP contribution < -0.4 is 4.87 Å². The molecule has 0 unspecified atom stereocenters. The molecule has 2 aromatic carbocycles. The third kappa shape index (κ3) is 2.80. The Hall–Kier alpha value is -1.85. The summed E-state index contributed by atoms with van der Waals surface area (Å²) < 4.78 is 14.9. The summed E-state index contributed by atoms with van der Waals surface area (Å²) in [7, 11) is 0. The van der Waals surface area contributed by atoms with E-state index in [9.17, 15) is 9.18 Å². The predicted octanol–water partition coefficient (Wildman–Crippen LogP) is 4.13. The Labute approximate surface area is 130 Å². The van der Waals surface area contributed by atoms with Crippen molar-refractivity contribution in [2.24, 2.45) is 0 Å². The summed E-state index contributed by atoms with van der Waals surface area (Å²) in [5.41, 5.74) is 3.33. The van der Waals surface area contributed by atoms with Crippen LogP contribution >= 0.6 is 24.0 Å². The molecule has 0 radical (unpaired) electrons. The third-order valence-corrected chi connectivity index (χ3v) is 4.28. The zero-order valence-corrected chi connectivity index (χ0v) is 12.7. The predicted molar refractivity (Wildman–Crippen MR) is 88.0 cm³/mol. The van der Waals surface area contributed by atoms with Gasteiger partial charge in [-0.1, -0.05) is 41.7 Å². The Kier molecular flexibility index (Phi) is 3.94. The molecule has 1 aromatic heterocycles. The third-order valence-electron chi connectivity index (χ3n) is 3.19. The lowest BCUT2D eigenvalue weighted by Crippen LogP contribution is -2.11. The van der Waals surface area contributed by atoms with Crippen LogP contribution in [0.3, 0.4) is 0 Å². The van der Waals surface area contributed by atoms with Crippen molar-refractivity contribution >= 4 is 24.0 Å². The van der Waals surface area contributed by atoms with Gasteiger partial charge >= 0.3 is 4.87 Å². The van der Waals surface area contributed by atoms with Crippen molar-refractivity contribution in [2.75, 3.05) is 0 Å². The highest BCUT2D eigenvalue weighted by molar-refractivity contribution is 7.79. The first-order chi connectivity index (χ1) is 10.2. The summed E-state index contributed by atoms with van der Waals surface area (Å²) in [4.78, 5) is 12.0. The lowest BCUT2D eigenvalue weighted by Gasteiger charge is -2.08. The first-order valence-corrected chi connectivity index (χ1v) is 7.87. The molecule has 3 aromatic rings. The molecule has 21 heavy (non-hydrogen) atoms. The minimum Gasteiger partial charge on any atom is -0.267 e. The maximum atomic E-state index is 13.4. The number of nitrogens with zero attached hydrogens (tertiary/aromatic N) is 1. The average molecular weight is 317 g/mol. The van der Waals surface area contributed by atoms with Gasteiger partial charge < -0.3 is 0 Å². The van der Waals surface area contributed by atoms with E-state index in [0.717, 1.165) is 28.2 Å². The Bertz CT molecular complexity index is 821. The van der Waals surface area contributed by atoms with Gasteiger partial charge in [0.2, 0.25) is 0 Å². The van der Waals surface area contributed by atoms with Crippen LogP contribution in [0.1, 0.15) is 5.56 Å². The van der Waals surface area contributed by atoms with Gasteiger partial charge in [-0.2, -0.15) is 12.6 Å². The van der Waals surface area contributed by atoms with Crippen molar-refractivity contribution in [1.29, 1.82) is 0 Å². The summed E-state index contributed by atoms with van der Waals surface area (Å²) in [6, 6.07) is 13.9. The Morgan fingerprint density at radius 2 is 1.90 bits per heavy atom. The first-order valence-electron chi connectivity index (χ1n) is 6.35. The number of hydrogen-bond donors (Lipinski definition) is 1. The lowest BCUT2D eigenvalue weighted by atomic mass is 10.1. The van der Waals surface area contributed by atoms with Gasteiger partial charge in [0.1, 0.15) is 5.82 Å². The molecule has 0 saturated heterocycles. The zero-order chi connectivity index (χ0) is 14.8. The molecule has 106 valence electrons. The first kappa shape index (κ1) is 14.1. The summed E-state index contributed by atoms with van der Waals surface area (Å²) >= 11 is 5.34. The van der Waals surface area contributed by atoms with E-state index in [0.29, 0.717) is 11.4 Å². The highest BCUT2D eigenvalue weighted by atomic mass is 32.1. The van der Waals surface area contributed by atoms with E-state index in [1.165, 1.54) is 16.7 Å². The van der Waals surface area contributed by atoms with Crippen LogP contribution in [0.5, 0.6) is 0 Å². The van der Waals surface area contributed by atoms with Crippen LogP contribution in [0, 0.1) is 5.82 Å². The van der Waals surface area contributed by atoms with Gasteiger partial charge in [0.05, 0.1) is 11.4 Å². The molecule has 5 heteroatoms. The van der Waals surface area contributed by atoms with Crippen LogP contribution in [0.15, 0.2) is 58.7 Å². The molecule has 0 fully saturated rings. The maximum absolute atomic E-state index is 13.4. The normalized spacial score (nSPS) is 10.8. The monoisotopic (exact) mass is 317 g/mol. The second kappa shape index (κ2) is 5.87. The van der Waals surface area contributed by atoms with Crippen LogP contribution in [0.25, 0.3) is 16.9 Å². The van der Waals surface area contributed by atoms with E-state index < -0.39 is 0 Å². The second-order valence-electron chi connectivity index (χ2n) is 4.56. The molecule has 0 N–H and O–H groups in total. The average Bonchev–Trinajstić information content (AvgIpc) is 2.89. The van der Waals surface area contributed by atoms with Gasteiger partial charge in [0.25, 0.3) is 0 Å². The molecule has 0 aliphatic rings. The molecule has 0 aliphatic carbocycles. The summed E-state index contributed by atoms with van der Waals surface area (Å²) in [5, 5.41) is 1.79.